The van der Waals surface area contributed by atoms with Gasteiger partial charge in [-0.1, -0.05) is 88.4 Å². The smallest absolute Gasteiger partial charge is 0.375 e. The van der Waals surface area contributed by atoms with Gasteiger partial charge >= 0.3 is 12.4 Å². The van der Waals surface area contributed by atoms with Gasteiger partial charge in [0.25, 0.3) is 10.0 Å². The van der Waals surface area contributed by atoms with E-state index in [-0.39, 0.29) is 23.3 Å². The van der Waals surface area contributed by atoms with Crippen molar-refractivity contribution in [1.82, 2.24) is 0 Å². The van der Waals surface area contributed by atoms with Crippen LogP contribution in [0.5, 0.6) is 23.0 Å². The zero-order valence-electron chi connectivity index (χ0n) is 47.2. The highest BCUT2D eigenvalue weighted by atomic mass is 32.2. The van der Waals surface area contributed by atoms with E-state index < -0.39 is 10.0 Å². The summed E-state index contributed by atoms with van der Waals surface area (Å²) in [5.41, 5.74) is 18.5. The van der Waals surface area contributed by atoms with Crippen molar-refractivity contribution in [2.75, 3.05) is 55.2 Å². The molecular formula is C61H73N8O9S+. The van der Waals surface area contributed by atoms with Crippen molar-refractivity contribution in [3.8, 4) is 23.0 Å². The van der Waals surface area contributed by atoms with Crippen LogP contribution < -0.4 is 24.7 Å². The molecule has 1 amide bonds. The molecule has 0 atom stereocenters. The molecule has 5 aromatic carbocycles. The third-order valence-electron chi connectivity index (χ3n) is 14.0. The molecule has 5 aromatic rings. The van der Waals surface area contributed by atoms with Gasteiger partial charge in [-0.2, -0.15) is 17.4 Å². The molecule has 79 heavy (non-hydrogen) atoms. The quantitative estimate of drug-likeness (QED) is 0.0891. The largest absolute Gasteiger partial charge is 0.493 e. The molecule has 416 valence electrons. The summed E-state index contributed by atoms with van der Waals surface area (Å²) in [6.45, 7) is 14.2. The fraction of sp³-hybridized carbons (Fsp3) is 0.361. The maximum absolute atomic E-state index is 11.3. The molecule has 0 fully saturated rings. The molecule has 1 aliphatic carbocycles. The second-order valence-electron chi connectivity index (χ2n) is 20.2. The molecule has 0 saturated carbocycles. The van der Waals surface area contributed by atoms with Gasteiger partial charge in [-0.15, -0.1) is 0 Å². The van der Waals surface area contributed by atoms with Crippen LogP contribution in [0.2, 0.25) is 0 Å². The number of carbonyl (C=O) groups is 2. The average Bonchev–Trinajstić information content (AvgIpc) is 3.98. The van der Waals surface area contributed by atoms with Gasteiger partial charge in [-0.05, 0) is 103 Å². The number of aliphatic imine (C=N–C) groups is 4. The number of fused-ring (bicyclic) bond motifs is 5. The van der Waals surface area contributed by atoms with Crippen molar-refractivity contribution in [2.45, 2.75) is 90.4 Å². The third-order valence-corrected chi connectivity index (χ3v) is 15.4. The van der Waals surface area contributed by atoms with Crippen molar-refractivity contribution in [1.29, 1.82) is 5.41 Å². The van der Waals surface area contributed by atoms with E-state index in [1.54, 1.807) is 64.2 Å². The lowest BCUT2D eigenvalue weighted by Gasteiger charge is -2.19. The number of carbonyl (C=O) groups excluding carboxylic acids is 2. The molecular weight excluding hydrogens is 1020 g/mol. The van der Waals surface area contributed by atoms with Gasteiger partial charge in [0.1, 0.15) is 18.2 Å². The summed E-state index contributed by atoms with van der Waals surface area (Å²) >= 11 is 0. The minimum absolute atomic E-state index is 0.00227. The minimum Gasteiger partial charge on any atom is -0.493 e. The molecule has 18 heteroatoms. The van der Waals surface area contributed by atoms with Crippen LogP contribution in [-0.4, -0.2) is 122 Å². The van der Waals surface area contributed by atoms with Crippen LogP contribution in [0.15, 0.2) is 126 Å². The van der Waals surface area contributed by atoms with Gasteiger partial charge < -0.3 is 29.4 Å². The first-order valence-electron chi connectivity index (χ1n) is 25.9. The average molecular weight is 1090 g/mol. The topological polar surface area (TPSA) is 229 Å². The Labute approximate surface area is 464 Å². The number of nitrogens with one attached hydrogen (secondary N) is 1. The Kier molecular flexibility index (Phi) is 20.5. The molecule has 0 unspecified atom stereocenters. The number of nitrogens with two attached hydrogens (primary N) is 1. The third kappa shape index (κ3) is 15.1. The number of hydrogen-bond acceptors (Lipinski definition) is 14. The number of sulfonamides is 1. The molecule has 0 aromatic heterocycles. The molecule has 0 spiro atoms. The van der Waals surface area contributed by atoms with E-state index in [2.05, 4.69) is 94.1 Å². The van der Waals surface area contributed by atoms with E-state index >= 15 is 0 Å². The lowest BCUT2D eigenvalue weighted by atomic mass is 9.82. The van der Waals surface area contributed by atoms with Crippen molar-refractivity contribution in [3.05, 3.63) is 142 Å². The van der Waals surface area contributed by atoms with Gasteiger partial charge in [0.05, 0.1) is 51.8 Å². The number of rotatable bonds is 7. The highest BCUT2D eigenvalue weighted by molar-refractivity contribution is 7.90. The van der Waals surface area contributed by atoms with Crippen LogP contribution in [0, 0.1) is 10.8 Å². The zero-order valence-corrected chi connectivity index (χ0v) is 48.0. The first-order valence-corrected chi connectivity index (χ1v) is 27.4. The normalized spacial score (nSPS) is 17.1. The number of ether oxygens (including phenoxy) is 5. The van der Waals surface area contributed by atoms with Crippen LogP contribution in [0.3, 0.4) is 0 Å². The Morgan fingerprint density at radius 1 is 0.747 bits per heavy atom. The van der Waals surface area contributed by atoms with Gasteiger partial charge in [-0.25, -0.2) is 9.79 Å². The lowest BCUT2D eigenvalue weighted by Crippen LogP contribution is -2.22. The van der Waals surface area contributed by atoms with E-state index in [1.807, 2.05) is 54.9 Å². The summed E-state index contributed by atoms with van der Waals surface area (Å²) in [4.78, 5) is 39.1. The molecule has 0 saturated heterocycles. The van der Waals surface area contributed by atoms with Gasteiger partial charge in [-0.3, -0.25) is 25.2 Å². The number of hydrogen-bond donors (Lipinski definition) is 2. The van der Waals surface area contributed by atoms with E-state index in [0.717, 1.165) is 96.8 Å². The van der Waals surface area contributed by atoms with Gasteiger partial charge in [0.2, 0.25) is 0 Å². The Hall–Kier alpha value is -8.12. The first kappa shape index (κ1) is 60.1. The van der Waals surface area contributed by atoms with E-state index in [4.69, 9.17) is 30.1 Å². The second kappa shape index (κ2) is 27.0. The van der Waals surface area contributed by atoms with E-state index in [0.29, 0.717) is 34.6 Å². The molecule has 5 heterocycles. The van der Waals surface area contributed by atoms with Crippen molar-refractivity contribution < 1.29 is 46.3 Å². The number of amidine groups is 2. The van der Waals surface area contributed by atoms with Crippen LogP contribution >= 0.6 is 0 Å². The number of esters is 1. The highest BCUT2D eigenvalue weighted by Crippen LogP contribution is 2.40. The van der Waals surface area contributed by atoms with Gasteiger partial charge in [0.15, 0.2) is 35.8 Å². The van der Waals surface area contributed by atoms with Crippen molar-refractivity contribution >= 4 is 69.3 Å². The predicted molar refractivity (Wildman–Crippen MR) is 314 cm³/mol. The Balaban J connectivity index is 0.000000155. The monoisotopic (exact) mass is 1090 g/mol. The lowest BCUT2D eigenvalue weighted by molar-refractivity contribution is -0.429. The summed E-state index contributed by atoms with van der Waals surface area (Å²) in [6.07, 6.45) is 9.99. The summed E-state index contributed by atoms with van der Waals surface area (Å²) in [6, 6.07) is 31.3. The number of nitrogens with zero attached hydrogens (tertiary/aromatic N) is 6. The molecule has 17 nitrogen and oxygen atoms in total. The molecule has 3 N–H and O–H groups in total. The predicted octanol–water partition coefficient (Wildman–Crippen LogP) is 9.53. The highest BCUT2D eigenvalue weighted by Gasteiger charge is 2.35. The number of methoxy groups -OCH3 is 5. The summed E-state index contributed by atoms with van der Waals surface area (Å²) in [5, 5.41) is 7.05. The number of para-hydroxylation sites is 1. The van der Waals surface area contributed by atoms with Gasteiger partial charge in [0, 0.05) is 65.4 Å². The fourth-order valence-corrected chi connectivity index (χ4v) is 10.7. The van der Waals surface area contributed by atoms with E-state index in [1.165, 1.54) is 40.6 Å². The number of amides is 1. The fourth-order valence-electron chi connectivity index (χ4n) is 9.41. The summed E-state index contributed by atoms with van der Waals surface area (Å²) in [5.74, 6) is 3.72. The minimum atomic E-state index is -3.37. The molecule has 5 aliphatic heterocycles. The van der Waals surface area contributed by atoms with Crippen LogP contribution in [0.1, 0.15) is 105 Å². The Morgan fingerprint density at radius 3 is 1.94 bits per heavy atom. The van der Waals surface area contributed by atoms with Crippen LogP contribution in [0.4, 0.5) is 5.69 Å². The number of benzene rings is 5. The Bertz CT molecular complexity index is 3370. The van der Waals surface area contributed by atoms with Crippen LogP contribution in [-0.2, 0) is 49.0 Å². The SMILES string of the molecule is CC1=NS(=O)(=O)c2ccccc21.CC1=Nc2ccccc2C1(C)C.COC(=O)CN=C1c2ccccc2CC1(C)C.COc1cc2c(cc1OC)CCN=C2.COc1cc2c(cc1OC)CC[N+](C=O)=C2.N=C1CCCC(N)=N1. The maximum atomic E-state index is 11.3. The molecule has 11 rings (SSSR count). The summed E-state index contributed by atoms with van der Waals surface area (Å²) < 4.78 is 53.3. The maximum Gasteiger partial charge on any atom is 0.375 e. The van der Waals surface area contributed by atoms with Crippen LogP contribution in [0.25, 0.3) is 0 Å². The first-order chi connectivity index (χ1) is 37.7. The zero-order chi connectivity index (χ0) is 57.5. The second-order valence-corrected chi connectivity index (χ2v) is 21.7. The van der Waals surface area contributed by atoms with Crippen molar-refractivity contribution in [3.63, 3.8) is 0 Å². The van der Waals surface area contributed by atoms with Crippen molar-refractivity contribution in [2.24, 2.45) is 35.5 Å². The molecule has 0 bridgehead atoms. The summed E-state index contributed by atoms with van der Waals surface area (Å²) in [7, 11) is 4.54. The van der Waals surface area contributed by atoms with E-state index in [9.17, 15) is 18.0 Å². The molecule has 6 aliphatic rings. The standard InChI is InChI=1S/C14H17NO2.C12H14NO3.C11H13NO2.C11H13N.C8H7NO2S.C5H9N3/c1-14(2)8-10-6-4-5-7-11(10)13(14)15-9-12(16)17-3;1-15-11-5-9-3-4-13(8-14)7-10(9)6-12(11)16-2;1-13-10-5-8-3-4-12-7-9(8)6-11(10)14-2;1-8-11(2,3)9-6-4-5-7-10(9)12-8;1-6-7-4-2-3-5-8(7)12(10,11)9-6;6-4-2-1-3-5(7)8-4/h4-7H,8-9H2,1-3H3;5-8H,3-4H2,1-2H3;5-7H,3-4H2,1-2H3;4-7H,1-3H3;2-5H,1H3;1-3H2,(H3,6,7,8)/q;+1;;;;. The molecule has 0 radical (unpaired) electrons. The Morgan fingerprint density at radius 2 is 1.34 bits per heavy atom.